The Hall–Kier alpha value is -3.35. The summed E-state index contributed by atoms with van der Waals surface area (Å²) >= 11 is 6.52. The Balaban J connectivity index is 1.30. The lowest BCUT2D eigenvalue weighted by molar-refractivity contribution is 0.0668. The van der Waals surface area contributed by atoms with Gasteiger partial charge in [-0.2, -0.15) is 0 Å². The monoisotopic (exact) mass is 490 g/mol. The van der Waals surface area contributed by atoms with Gasteiger partial charge in [-0.05, 0) is 35.9 Å². The van der Waals surface area contributed by atoms with E-state index in [2.05, 4.69) is 9.88 Å². The minimum Gasteiger partial charge on any atom is -0.508 e. The van der Waals surface area contributed by atoms with Crippen LogP contribution in [0.25, 0.3) is 22.0 Å². The molecule has 4 aromatic rings. The van der Waals surface area contributed by atoms with Crippen molar-refractivity contribution in [3.05, 3.63) is 83.0 Å². The molecule has 0 bridgehead atoms. The fourth-order valence-corrected chi connectivity index (χ4v) is 5.16. The first kappa shape index (κ1) is 22.1. The van der Waals surface area contributed by atoms with Crippen molar-refractivity contribution >= 4 is 22.5 Å². The number of halogens is 2. The highest BCUT2D eigenvalue weighted by Crippen LogP contribution is 2.49. The second kappa shape index (κ2) is 9.02. The predicted molar refractivity (Wildman–Crippen MR) is 134 cm³/mol. The number of phenols is 1. The molecule has 1 atom stereocenters. The Morgan fingerprint density at radius 1 is 1.09 bits per heavy atom. The molecule has 6 rings (SSSR count). The van der Waals surface area contributed by atoms with Crippen LogP contribution in [0.4, 0.5) is 4.39 Å². The Morgan fingerprint density at radius 2 is 1.91 bits per heavy atom. The first-order valence-electron chi connectivity index (χ1n) is 11.7. The van der Waals surface area contributed by atoms with Crippen molar-refractivity contribution in [2.75, 3.05) is 32.9 Å². The molecule has 2 aliphatic rings. The van der Waals surface area contributed by atoms with E-state index in [4.69, 9.17) is 21.1 Å². The number of hydrogen-bond donors (Lipinski definition) is 1. The summed E-state index contributed by atoms with van der Waals surface area (Å²) in [4.78, 5) is 6.79. The lowest BCUT2D eigenvalue weighted by atomic mass is 9.88. The van der Waals surface area contributed by atoms with Gasteiger partial charge >= 0.3 is 0 Å². The van der Waals surface area contributed by atoms with Crippen molar-refractivity contribution in [2.45, 2.75) is 6.10 Å². The van der Waals surface area contributed by atoms with Gasteiger partial charge in [0.1, 0.15) is 23.9 Å². The lowest BCUT2D eigenvalue weighted by Crippen LogP contribution is -2.49. The maximum Gasteiger partial charge on any atom is 0.150 e. The molecule has 2 aliphatic heterocycles. The molecule has 1 N–H and O–H groups in total. The average molecular weight is 491 g/mol. The third-order valence-electron chi connectivity index (χ3n) is 6.76. The van der Waals surface area contributed by atoms with E-state index in [0.29, 0.717) is 22.9 Å². The second-order valence-electron chi connectivity index (χ2n) is 9.10. The van der Waals surface area contributed by atoms with E-state index in [1.165, 1.54) is 0 Å². The van der Waals surface area contributed by atoms with E-state index >= 15 is 0 Å². The summed E-state index contributed by atoms with van der Waals surface area (Å²) in [5, 5.41) is 11.4. The number of para-hydroxylation sites is 1. The molecule has 1 fully saturated rings. The number of benzene rings is 3. The summed E-state index contributed by atoms with van der Waals surface area (Å²) < 4.78 is 25.0. The Kier molecular flexibility index (Phi) is 5.71. The van der Waals surface area contributed by atoms with Crippen molar-refractivity contribution in [3.8, 4) is 28.4 Å². The third-order valence-corrected chi connectivity index (χ3v) is 7.06. The highest BCUT2D eigenvalue weighted by molar-refractivity contribution is 6.32. The Labute approximate surface area is 207 Å². The maximum absolute atomic E-state index is 12.6. The number of phenolic OH excluding ortho intramolecular Hbond substituents is 1. The number of ether oxygens (including phenoxy) is 2. The second-order valence-corrected chi connectivity index (χ2v) is 9.51. The molecule has 0 saturated carbocycles. The number of pyridine rings is 1. The zero-order chi connectivity index (χ0) is 23.9. The van der Waals surface area contributed by atoms with Gasteiger partial charge in [0.2, 0.25) is 0 Å². The summed E-state index contributed by atoms with van der Waals surface area (Å²) in [5.74, 6) is 1.76. The number of rotatable bonds is 6. The lowest BCUT2D eigenvalue weighted by Gasteiger charge is -2.37. The van der Waals surface area contributed by atoms with Crippen LogP contribution in [0.3, 0.4) is 0 Å². The van der Waals surface area contributed by atoms with Crippen LogP contribution < -0.4 is 9.47 Å². The van der Waals surface area contributed by atoms with Crippen molar-refractivity contribution in [1.82, 2.24) is 9.88 Å². The molecule has 35 heavy (non-hydrogen) atoms. The quantitative estimate of drug-likeness (QED) is 0.358. The SMILES string of the molecule is Oc1ccc2c3c(cnc2c1)-c1cccc(Cl)c1O[C@@H]3c1ccc(OCCN2CC(CF)C2)cc1. The standard InChI is InChI=1S/C28H24ClFN2O3/c29-24-3-1-2-21-23-14-31-25-12-19(33)6-9-22(25)26(23)27(35-28(21)24)18-4-7-20(8-5-18)34-11-10-32-15-17(13-30)16-32/h1-9,12,14,17,27,33H,10-11,13,15-16H2/t27-/m1/s1. The van der Waals surface area contributed by atoms with Gasteiger partial charge in [-0.3, -0.25) is 14.3 Å². The molecule has 0 amide bonds. The van der Waals surface area contributed by atoms with Gasteiger partial charge in [0.15, 0.2) is 6.10 Å². The molecule has 3 aromatic carbocycles. The summed E-state index contributed by atoms with van der Waals surface area (Å²) in [6.07, 6.45) is 1.42. The molecule has 0 spiro atoms. The van der Waals surface area contributed by atoms with E-state index in [-0.39, 0.29) is 18.3 Å². The number of fused-ring (bicyclic) bond motifs is 5. The van der Waals surface area contributed by atoms with Crippen LogP contribution in [0.15, 0.2) is 66.9 Å². The Bertz CT molecular complexity index is 1390. The highest BCUT2D eigenvalue weighted by Gasteiger charge is 2.31. The first-order valence-corrected chi connectivity index (χ1v) is 12.1. The number of hydrogen-bond acceptors (Lipinski definition) is 5. The minimum absolute atomic E-state index is 0.168. The van der Waals surface area contributed by atoms with Crippen LogP contribution >= 0.6 is 11.6 Å². The van der Waals surface area contributed by atoms with Gasteiger partial charge in [0.05, 0.1) is 17.2 Å². The smallest absolute Gasteiger partial charge is 0.150 e. The summed E-state index contributed by atoms with van der Waals surface area (Å²) in [6, 6.07) is 18.8. The number of alkyl halides is 1. The summed E-state index contributed by atoms with van der Waals surface area (Å²) in [6.45, 7) is 2.72. The van der Waals surface area contributed by atoms with Crippen molar-refractivity contribution in [3.63, 3.8) is 0 Å². The fourth-order valence-electron chi connectivity index (χ4n) is 4.94. The molecule has 0 unspecified atom stereocenters. The molecule has 0 aliphatic carbocycles. The van der Waals surface area contributed by atoms with E-state index in [9.17, 15) is 9.50 Å². The van der Waals surface area contributed by atoms with Crippen molar-refractivity contribution in [1.29, 1.82) is 0 Å². The predicted octanol–water partition coefficient (Wildman–Crippen LogP) is 6.02. The zero-order valence-electron chi connectivity index (χ0n) is 19.0. The molecule has 1 aromatic heterocycles. The maximum atomic E-state index is 12.6. The molecular formula is C28H24ClFN2O3. The summed E-state index contributed by atoms with van der Waals surface area (Å²) in [5.41, 5.74) is 4.49. The van der Waals surface area contributed by atoms with E-state index in [0.717, 1.165) is 53.0 Å². The average Bonchev–Trinajstić information content (AvgIpc) is 2.85. The van der Waals surface area contributed by atoms with Crippen LogP contribution in [0.2, 0.25) is 5.02 Å². The number of aromatic hydroxyl groups is 1. The molecule has 7 heteroatoms. The Morgan fingerprint density at radius 3 is 2.71 bits per heavy atom. The normalized spacial score (nSPS) is 17.4. The number of nitrogens with zero attached hydrogens (tertiary/aromatic N) is 2. The van der Waals surface area contributed by atoms with E-state index in [1.54, 1.807) is 12.1 Å². The van der Waals surface area contributed by atoms with Gasteiger partial charge in [-0.25, -0.2) is 0 Å². The van der Waals surface area contributed by atoms with Crippen LogP contribution in [-0.2, 0) is 0 Å². The molecule has 178 valence electrons. The van der Waals surface area contributed by atoms with Gasteiger partial charge in [0, 0.05) is 59.9 Å². The first-order chi connectivity index (χ1) is 17.1. The van der Waals surface area contributed by atoms with Crippen LogP contribution in [0.1, 0.15) is 17.2 Å². The van der Waals surface area contributed by atoms with Crippen LogP contribution in [0, 0.1) is 5.92 Å². The van der Waals surface area contributed by atoms with E-state index < -0.39 is 6.10 Å². The van der Waals surface area contributed by atoms with Gasteiger partial charge in [0.25, 0.3) is 0 Å². The largest absolute Gasteiger partial charge is 0.508 e. The summed E-state index contributed by atoms with van der Waals surface area (Å²) in [7, 11) is 0. The zero-order valence-corrected chi connectivity index (χ0v) is 19.7. The van der Waals surface area contributed by atoms with E-state index in [1.807, 2.05) is 54.7 Å². The molecule has 3 heterocycles. The van der Waals surface area contributed by atoms with Gasteiger partial charge in [-0.1, -0.05) is 35.9 Å². The van der Waals surface area contributed by atoms with Crippen LogP contribution in [0.5, 0.6) is 17.2 Å². The van der Waals surface area contributed by atoms with Gasteiger partial charge in [-0.15, -0.1) is 0 Å². The fraction of sp³-hybridized carbons (Fsp3) is 0.250. The van der Waals surface area contributed by atoms with Crippen molar-refractivity contribution < 1.29 is 19.0 Å². The number of aromatic nitrogens is 1. The van der Waals surface area contributed by atoms with Gasteiger partial charge < -0.3 is 14.6 Å². The highest BCUT2D eigenvalue weighted by atomic mass is 35.5. The molecule has 5 nitrogen and oxygen atoms in total. The topological polar surface area (TPSA) is 54.8 Å². The molecular weight excluding hydrogens is 467 g/mol. The van der Waals surface area contributed by atoms with Crippen LogP contribution in [-0.4, -0.2) is 47.9 Å². The third kappa shape index (κ3) is 4.07. The van der Waals surface area contributed by atoms with Crippen molar-refractivity contribution in [2.24, 2.45) is 5.92 Å². The molecule has 1 saturated heterocycles. The molecule has 0 radical (unpaired) electrons. The minimum atomic E-state index is -0.403. The number of likely N-dealkylation sites (tertiary alicyclic amines) is 1.